The Balaban J connectivity index is 1.92. The van der Waals surface area contributed by atoms with Crippen molar-refractivity contribution < 1.29 is 9.53 Å². The number of aromatic amines is 1. The van der Waals surface area contributed by atoms with E-state index in [2.05, 4.69) is 27.6 Å². The maximum atomic E-state index is 11.8. The van der Waals surface area contributed by atoms with E-state index in [1.807, 2.05) is 31.2 Å². The number of methoxy groups -OCH3 is 1. The molecule has 0 unspecified atom stereocenters. The third kappa shape index (κ3) is 3.17. The van der Waals surface area contributed by atoms with Gasteiger partial charge < -0.3 is 4.74 Å². The molecule has 104 valence electrons. The van der Waals surface area contributed by atoms with E-state index >= 15 is 0 Å². The van der Waals surface area contributed by atoms with Gasteiger partial charge in [0.2, 0.25) is 0 Å². The highest BCUT2D eigenvalue weighted by atomic mass is 16.5. The predicted octanol–water partition coefficient (Wildman–Crippen LogP) is 1.63. The van der Waals surface area contributed by atoms with Crippen LogP contribution in [0.4, 0.5) is 0 Å². The Hall–Kier alpha value is -2.76. The van der Waals surface area contributed by atoms with Crippen LogP contribution in [0.25, 0.3) is 5.70 Å². The number of benzene rings is 1. The van der Waals surface area contributed by atoms with Gasteiger partial charge in [0.05, 0.1) is 12.8 Å². The Kier molecular flexibility index (Phi) is 4.05. The number of hydrazine groups is 1. The molecule has 0 saturated carbocycles. The Morgan fingerprint density at radius 1 is 1.30 bits per heavy atom. The number of carbonyl (C=O) groups is 1. The Bertz CT molecular complexity index is 616. The highest BCUT2D eigenvalue weighted by molar-refractivity contribution is 5.92. The molecule has 2 rings (SSSR count). The molecule has 1 aromatic heterocycles. The maximum Gasteiger partial charge on any atom is 0.290 e. The molecule has 0 aliphatic rings. The number of nitrogens with zero attached hydrogens (tertiary/aromatic N) is 1. The van der Waals surface area contributed by atoms with Gasteiger partial charge in [0.25, 0.3) is 5.91 Å². The Labute approximate surface area is 116 Å². The van der Waals surface area contributed by atoms with E-state index in [-0.39, 0.29) is 5.91 Å². The van der Waals surface area contributed by atoms with Crippen molar-refractivity contribution in [3.63, 3.8) is 0 Å². The van der Waals surface area contributed by atoms with Crippen LogP contribution in [-0.4, -0.2) is 23.2 Å². The standard InChI is InChI=1S/C14H16N4O2/c1-9-8-13(17-15-9)14(19)18-16-10(2)11-4-6-12(20-3)7-5-11/h4-8,16H,2H2,1,3H3,(H,15,17)(H,18,19). The summed E-state index contributed by atoms with van der Waals surface area (Å²) >= 11 is 0. The fraction of sp³-hybridized carbons (Fsp3) is 0.143. The molecule has 6 heteroatoms. The van der Waals surface area contributed by atoms with Crippen molar-refractivity contribution in [2.45, 2.75) is 6.92 Å². The third-order valence-corrected chi connectivity index (χ3v) is 2.70. The summed E-state index contributed by atoms with van der Waals surface area (Å²) < 4.78 is 5.08. The second-order valence-corrected chi connectivity index (χ2v) is 4.22. The molecular formula is C14H16N4O2. The van der Waals surface area contributed by atoms with Crippen LogP contribution in [0.1, 0.15) is 21.7 Å². The number of amides is 1. The van der Waals surface area contributed by atoms with E-state index in [4.69, 9.17) is 4.74 Å². The normalized spacial score (nSPS) is 9.90. The van der Waals surface area contributed by atoms with Gasteiger partial charge >= 0.3 is 0 Å². The quantitative estimate of drug-likeness (QED) is 0.723. The lowest BCUT2D eigenvalue weighted by Gasteiger charge is -2.10. The van der Waals surface area contributed by atoms with Gasteiger partial charge in [-0.15, -0.1) is 0 Å². The molecule has 0 aliphatic carbocycles. The molecule has 1 heterocycles. The van der Waals surface area contributed by atoms with Crippen molar-refractivity contribution in [2.24, 2.45) is 0 Å². The number of aryl methyl sites for hydroxylation is 1. The first-order chi connectivity index (χ1) is 9.60. The second kappa shape index (κ2) is 5.92. The summed E-state index contributed by atoms with van der Waals surface area (Å²) in [4.78, 5) is 11.8. The molecule has 0 fully saturated rings. The number of hydrogen-bond donors (Lipinski definition) is 3. The zero-order chi connectivity index (χ0) is 14.5. The van der Waals surface area contributed by atoms with Gasteiger partial charge in [0.15, 0.2) is 5.69 Å². The van der Waals surface area contributed by atoms with Crippen LogP contribution in [0, 0.1) is 6.92 Å². The minimum atomic E-state index is -0.330. The lowest BCUT2D eigenvalue weighted by atomic mass is 10.2. The first-order valence-electron chi connectivity index (χ1n) is 6.02. The average molecular weight is 272 g/mol. The van der Waals surface area contributed by atoms with E-state index in [0.29, 0.717) is 11.4 Å². The van der Waals surface area contributed by atoms with Crippen LogP contribution in [0.2, 0.25) is 0 Å². The van der Waals surface area contributed by atoms with E-state index < -0.39 is 0 Å². The molecule has 1 aromatic carbocycles. The van der Waals surface area contributed by atoms with Crippen molar-refractivity contribution in [1.82, 2.24) is 21.0 Å². The monoisotopic (exact) mass is 272 g/mol. The van der Waals surface area contributed by atoms with Crippen molar-refractivity contribution in [3.8, 4) is 5.75 Å². The van der Waals surface area contributed by atoms with Crippen LogP contribution in [0.15, 0.2) is 36.9 Å². The molecule has 20 heavy (non-hydrogen) atoms. The third-order valence-electron chi connectivity index (χ3n) is 2.70. The smallest absolute Gasteiger partial charge is 0.290 e. The topological polar surface area (TPSA) is 79.0 Å². The van der Waals surface area contributed by atoms with Gasteiger partial charge in [-0.3, -0.25) is 20.7 Å². The average Bonchev–Trinajstić information content (AvgIpc) is 2.91. The summed E-state index contributed by atoms with van der Waals surface area (Å²) in [5.41, 5.74) is 7.86. The van der Waals surface area contributed by atoms with Gasteiger partial charge in [-0.05, 0) is 42.8 Å². The van der Waals surface area contributed by atoms with Crippen LogP contribution >= 0.6 is 0 Å². The number of hydrogen-bond acceptors (Lipinski definition) is 4. The minimum Gasteiger partial charge on any atom is -0.497 e. The van der Waals surface area contributed by atoms with Crippen molar-refractivity contribution >= 4 is 11.6 Å². The summed E-state index contributed by atoms with van der Waals surface area (Å²) in [5.74, 6) is 0.432. The Morgan fingerprint density at radius 2 is 2.00 bits per heavy atom. The van der Waals surface area contributed by atoms with E-state index in [1.165, 1.54) is 0 Å². The van der Waals surface area contributed by atoms with E-state index in [1.54, 1.807) is 13.2 Å². The van der Waals surface area contributed by atoms with Crippen molar-refractivity contribution in [1.29, 1.82) is 0 Å². The van der Waals surface area contributed by atoms with Gasteiger partial charge in [-0.1, -0.05) is 6.58 Å². The summed E-state index contributed by atoms with van der Waals surface area (Å²) in [6.45, 7) is 5.68. The fourth-order valence-corrected chi connectivity index (χ4v) is 1.59. The van der Waals surface area contributed by atoms with Crippen LogP contribution in [-0.2, 0) is 0 Å². The van der Waals surface area contributed by atoms with Gasteiger partial charge in [0.1, 0.15) is 5.75 Å². The molecule has 0 spiro atoms. The second-order valence-electron chi connectivity index (χ2n) is 4.22. The minimum absolute atomic E-state index is 0.317. The largest absolute Gasteiger partial charge is 0.497 e. The number of carbonyl (C=O) groups excluding carboxylic acids is 1. The summed E-state index contributed by atoms with van der Waals surface area (Å²) in [7, 11) is 1.61. The number of H-pyrrole nitrogens is 1. The highest BCUT2D eigenvalue weighted by Gasteiger charge is 2.09. The maximum absolute atomic E-state index is 11.8. The molecule has 0 atom stereocenters. The first kappa shape index (κ1) is 13.7. The number of rotatable bonds is 5. The highest BCUT2D eigenvalue weighted by Crippen LogP contribution is 2.15. The number of aromatic nitrogens is 2. The molecular weight excluding hydrogens is 256 g/mol. The van der Waals surface area contributed by atoms with E-state index in [9.17, 15) is 4.79 Å². The SMILES string of the molecule is C=C(NNC(=O)c1cc(C)[nH]n1)c1ccc(OC)cc1. The summed E-state index contributed by atoms with van der Waals surface area (Å²) in [6.07, 6.45) is 0. The lowest BCUT2D eigenvalue weighted by Crippen LogP contribution is -2.36. The molecule has 2 aromatic rings. The van der Waals surface area contributed by atoms with Crippen molar-refractivity contribution in [3.05, 3.63) is 53.9 Å². The zero-order valence-electron chi connectivity index (χ0n) is 11.4. The van der Waals surface area contributed by atoms with Gasteiger partial charge in [-0.2, -0.15) is 5.10 Å². The molecule has 0 bridgehead atoms. The summed E-state index contributed by atoms with van der Waals surface area (Å²) in [6, 6.07) is 8.99. The lowest BCUT2D eigenvalue weighted by molar-refractivity contribution is 0.0937. The first-order valence-corrected chi connectivity index (χ1v) is 6.02. The van der Waals surface area contributed by atoms with Crippen molar-refractivity contribution in [2.75, 3.05) is 7.11 Å². The van der Waals surface area contributed by atoms with Crippen LogP contribution in [0.3, 0.4) is 0 Å². The molecule has 3 N–H and O–H groups in total. The number of ether oxygens (including phenoxy) is 1. The number of nitrogens with one attached hydrogen (secondary N) is 3. The summed E-state index contributed by atoms with van der Waals surface area (Å²) in [5, 5.41) is 6.57. The molecule has 0 saturated heterocycles. The van der Waals surface area contributed by atoms with E-state index in [0.717, 1.165) is 17.0 Å². The Morgan fingerprint density at radius 3 is 2.55 bits per heavy atom. The van der Waals surface area contributed by atoms with Gasteiger partial charge in [-0.25, -0.2) is 0 Å². The molecule has 0 aliphatic heterocycles. The zero-order valence-corrected chi connectivity index (χ0v) is 11.4. The molecule has 1 amide bonds. The molecule has 6 nitrogen and oxygen atoms in total. The fourth-order valence-electron chi connectivity index (χ4n) is 1.59. The van der Waals surface area contributed by atoms with Gasteiger partial charge in [0, 0.05) is 5.69 Å². The van der Waals surface area contributed by atoms with Crippen LogP contribution < -0.4 is 15.6 Å². The van der Waals surface area contributed by atoms with Crippen LogP contribution in [0.5, 0.6) is 5.75 Å². The predicted molar refractivity (Wildman–Crippen MR) is 76.0 cm³/mol. The molecule has 0 radical (unpaired) electrons.